The minimum atomic E-state index is -0.413. The van der Waals surface area contributed by atoms with E-state index in [1.165, 1.54) is 12.8 Å². The number of hydrogen-bond donors (Lipinski definition) is 1. The Morgan fingerprint density at radius 1 is 1.02 bits per heavy atom. The standard InChI is InChI=1S/C30H33NO4.C6H13N/c1-6-20(3)27(30(33)34-5)29(35-19-22-12-9-8-10-13-22)25-16-17-26(31-28(25)21(4)7-2)23-14-11-15-24(32)18-23;1-5(2)6(3)7-4/h7-18,20,32H,6,19H2,1-5H3;5H,1-4H3/b21-7-,29-27-;. The van der Waals surface area contributed by atoms with Gasteiger partial charge in [0.1, 0.15) is 18.1 Å². The van der Waals surface area contributed by atoms with Crippen LogP contribution in [0.1, 0.15) is 71.7 Å². The number of allylic oxidation sites excluding steroid dienone is 2. The number of phenols is 1. The summed E-state index contributed by atoms with van der Waals surface area (Å²) in [5.41, 5.74) is 6.59. The molecule has 224 valence electrons. The Kier molecular flexibility index (Phi) is 13.7. The van der Waals surface area contributed by atoms with Gasteiger partial charge in [0.15, 0.2) is 0 Å². The molecule has 42 heavy (non-hydrogen) atoms. The van der Waals surface area contributed by atoms with Gasteiger partial charge in [-0.15, -0.1) is 0 Å². The average molecular weight is 571 g/mol. The molecule has 1 heterocycles. The lowest BCUT2D eigenvalue weighted by molar-refractivity contribution is -0.136. The summed E-state index contributed by atoms with van der Waals surface area (Å²) in [5.74, 6) is 0.765. The van der Waals surface area contributed by atoms with Crippen LogP contribution in [0.15, 0.2) is 83.4 Å². The second kappa shape index (κ2) is 16.9. The summed E-state index contributed by atoms with van der Waals surface area (Å²) in [4.78, 5) is 21.9. The highest BCUT2D eigenvalue weighted by molar-refractivity contribution is 5.97. The number of aromatic nitrogens is 1. The third-order valence-electron chi connectivity index (χ3n) is 7.26. The van der Waals surface area contributed by atoms with E-state index in [1.54, 1.807) is 18.2 Å². The topological polar surface area (TPSA) is 81.0 Å². The zero-order valence-electron chi connectivity index (χ0n) is 26.6. The molecule has 1 atom stereocenters. The van der Waals surface area contributed by atoms with Gasteiger partial charge in [-0.05, 0) is 74.4 Å². The molecule has 1 aromatic heterocycles. The molecule has 0 saturated heterocycles. The van der Waals surface area contributed by atoms with Crippen molar-refractivity contribution < 1.29 is 19.4 Å². The molecule has 0 radical (unpaired) electrons. The van der Waals surface area contributed by atoms with Gasteiger partial charge in [0.05, 0.1) is 24.1 Å². The molecule has 0 aliphatic rings. The van der Waals surface area contributed by atoms with Gasteiger partial charge >= 0.3 is 5.97 Å². The van der Waals surface area contributed by atoms with Gasteiger partial charge in [0.2, 0.25) is 0 Å². The highest BCUT2D eigenvalue weighted by Crippen LogP contribution is 2.34. The maximum Gasteiger partial charge on any atom is 0.337 e. The van der Waals surface area contributed by atoms with Crippen LogP contribution >= 0.6 is 0 Å². The second-order valence-electron chi connectivity index (χ2n) is 10.5. The lowest BCUT2D eigenvalue weighted by atomic mass is 9.92. The summed E-state index contributed by atoms with van der Waals surface area (Å²) in [5, 5.41) is 9.95. The lowest BCUT2D eigenvalue weighted by Crippen LogP contribution is -2.16. The predicted octanol–water partition coefficient (Wildman–Crippen LogP) is 8.76. The molecular formula is C36H46N2O4. The largest absolute Gasteiger partial charge is 0.508 e. The Bertz CT molecular complexity index is 1400. The Labute approximate surface area is 251 Å². The SMILES string of the molecule is C/C=C(/C)c1nc(-c2cccc(O)c2)ccc1/C(OCc1ccccc1)=C(/C(=O)OC)C(C)CC.CN=C(C)C(C)C. The highest BCUT2D eigenvalue weighted by atomic mass is 16.5. The maximum absolute atomic E-state index is 13.0. The lowest BCUT2D eigenvalue weighted by Gasteiger charge is -2.22. The first kappa shape index (κ1) is 34.0. The van der Waals surface area contributed by atoms with Crippen LogP contribution in [0.2, 0.25) is 0 Å². The number of benzene rings is 2. The number of hydrogen-bond acceptors (Lipinski definition) is 6. The van der Waals surface area contributed by atoms with Gasteiger partial charge < -0.3 is 14.6 Å². The number of ether oxygens (including phenoxy) is 2. The Balaban J connectivity index is 0.000000782. The second-order valence-corrected chi connectivity index (χ2v) is 10.5. The monoisotopic (exact) mass is 570 g/mol. The average Bonchev–Trinajstić information content (AvgIpc) is 3.02. The zero-order chi connectivity index (χ0) is 31.2. The molecule has 0 spiro atoms. The number of methoxy groups -OCH3 is 1. The molecule has 3 rings (SSSR count). The van der Waals surface area contributed by atoms with E-state index in [0.717, 1.165) is 28.7 Å². The molecule has 1 N–H and O–H groups in total. The van der Waals surface area contributed by atoms with Crippen LogP contribution in [0.25, 0.3) is 22.6 Å². The predicted molar refractivity (Wildman–Crippen MR) is 174 cm³/mol. The van der Waals surface area contributed by atoms with Gasteiger partial charge in [0.25, 0.3) is 0 Å². The van der Waals surface area contributed by atoms with E-state index in [4.69, 9.17) is 14.5 Å². The number of rotatable bonds is 10. The summed E-state index contributed by atoms with van der Waals surface area (Å²) in [7, 11) is 3.22. The molecule has 0 fully saturated rings. The van der Waals surface area contributed by atoms with Crippen molar-refractivity contribution in [3.05, 3.63) is 95.2 Å². The molecule has 6 heteroatoms. The van der Waals surface area contributed by atoms with Crippen molar-refractivity contribution in [1.82, 2.24) is 4.98 Å². The van der Waals surface area contributed by atoms with Gasteiger partial charge in [-0.1, -0.05) is 76.2 Å². The van der Waals surface area contributed by atoms with Crippen molar-refractivity contribution in [3.8, 4) is 17.0 Å². The number of aromatic hydroxyl groups is 1. The molecule has 2 aromatic carbocycles. The van der Waals surface area contributed by atoms with E-state index in [-0.39, 0.29) is 11.7 Å². The molecule has 3 aromatic rings. The van der Waals surface area contributed by atoms with Crippen LogP contribution in [0.3, 0.4) is 0 Å². The van der Waals surface area contributed by atoms with Crippen molar-refractivity contribution in [3.63, 3.8) is 0 Å². The van der Waals surface area contributed by atoms with Crippen molar-refractivity contribution >= 4 is 23.0 Å². The van der Waals surface area contributed by atoms with Gasteiger partial charge in [-0.3, -0.25) is 4.99 Å². The first-order valence-electron chi connectivity index (χ1n) is 14.4. The van der Waals surface area contributed by atoms with Crippen LogP contribution in [0, 0.1) is 11.8 Å². The molecule has 6 nitrogen and oxygen atoms in total. The van der Waals surface area contributed by atoms with Crippen molar-refractivity contribution in [1.29, 1.82) is 0 Å². The van der Waals surface area contributed by atoms with Crippen molar-refractivity contribution in [2.24, 2.45) is 16.8 Å². The summed E-state index contributed by atoms with van der Waals surface area (Å²) < 4.78 is 11.6. The number of esters is 1. The van der Waals surface area contributed by atoms with Crippen LogP contribution < -0.4 is 0 Å². The number of carbonyl (C=O) groups excluding carboxylic acids is 1. The van der Waals surface area contributed by atoms with Crippen LogP contribution in [0.4, 0.5) is 0 Å². The number of carbonyl (C=O) groups is 1. The smallest absolute Gasteiger partial charge is 0.337 e. The van der Waals surface area contributed by atoms with E-state index < -0.39 is 5.97 Å². The number of phenolic OH excluding ortho intramolecular Hbond substituents is 1. The fourth-order valence-electron chi connectivity index (χ4n) is 4.03. The van der Waals surface area contributed by atoms with E-state index in [1.807, 2.05) is 96.3 Å². The fraction of sp³-hybridized carbons (Fsp3) is 0.361. The van der Waals surface area contributed by atoms with Crippen LogP contribution in [0.5, 0.6) is 5.75 Å². The van der Waals surface area contributed by atoms with E-state index >= 15 is 0 Å². The first-order valence-corrected chi connectivity index (χ1v) is 14.4. The molecule has 0 aliphatic heterocycles. The number of nitrogens with zero attached hydrogens (tertiary/aromatic N) is 2. The summed E-state index contributed by atoms with van der Waals surface area (Å²) in [6.45, 7) is 14.6. The van der Waals surface area contributed by atoms with E-state index in [2.05, 4.69) is 18.8 Å². The van der Waals surface area contributed by atoms with Gasteiger partial charge in [0, 0.05) is 23.9 Å². The summed E-state index contributed by atoms with van der Waals surface area (Å²) in [6.07, 6.45) is 2.73. The quantitative estimate of drug-likeness (QED) is 0.114. The van der Waals surface area contributed by atoms with Gasteiger partial charge in [-0.2, -0.15) is 0 Å². The molecule has 0 bridgehead atoms. The van der Waals surface area contributed by atoms with Crippen LogP contribution in [-0.4, -0.2) is 35.9 Å². The van der Waals surface area contributed by atoms with Crippen LogP contribution in [-0.2, 0) is 20.9 Å². The third kappa shape index (κ3) is 9.44. The Morgan fingerprint density at radius 2 is 1.71 bits per heavy atom. The molecule has 0 amide bonds. The summed E-state index contributed by atoms with van der Waals surface area (Å²) >= 11 is 0. The molecular weight excluding hydrogens is 524 g/mol. The minimum absolute atomic E-state index is 0.0854. The zero-order valence-corrected chi connectivity index (χ0v) is 26.6. The van der Waals surface area contributed by atoms with E-state index in [0.29, 0.717) is 35.2 Å². The number of pyridine rings is 1. The molecule has 1 unspecified atom stereocenters. The fourth-order valence-corrected chi connectivity index (χ4v) is 4.03. The van der Waals surface area contributed by atoms with Crippen molar-refractivity contribution in [2.75, 3.05) is 14.2 Å². The normalized spacial score (nSPS) is 13.1. The summed E-state index contributed by atoms with van der Waals surface area (Å²) in [6, 6.07) is 20.7. The molecule has 0 saturated carbocycles. The Morgan fingerprint density at radius 3 is 2.24 bits per heavy atom. The Hall–Kier alpha value is -4.19. The van der Waals surface area contributed by atoms with E-state index in [9.17, 15) is 9.90 Å². The molecule has 0 aliphatic carbocycles. The third-order valence-corrected chi connectivity index (χ3v) is 7.26. The minimum Gasteiger partial charge on any atom is -0.508 e. The highest BCUT2D eigenvalue weighted by Gasteiger charge is 2.27. The number of aliphatic imine (C=N–C) groups is 1. The maximum atomic E-state index is 13.0. The van der Waals surface area contributed by atoms with Crippen molar-refractivity contribution in [2.45, 2.75) is 61.5 Å². The van der Waals surface area contributed by atoms with Gasteiger partial charge in [-0.25, -0.2) is 9.78 Å². The first-order chi connectivity index (χ1) is 20.1.